The predicted octanol–water partition coefficient (Wildman–Crippen LogP) is 5.06. The van der Waals surface area contributed by atoms with Gasteiger partial charge >= 0.3 is 6.09 Å². The number of amides is 2. The zero-order chi connectivity index (χ0) is 22.8. The molecule has 7 heteroatoms. The highest BCUT2D eigenvalue weighted by Crippen LogP contribution is 2.28. The summed E-state index contributed by atoms with van der Waals surface area (Å²) in [5, 5.41) is 0.606. The molecule has 2 aromatic rings. The van der Waals surface area contributed by atoms with Gasteiger partial charge in [-0.15, -0.1) is 0 Å². The fourth-order valence-electron chi connectivity index (χ4n) is 4.37. The molecule has 2 heterocycles. The van der Waals surface area contributed by atoms with Crippen molar-refractivity contribution < 1.29 is 19.1 Å². The van der Waals surface area contributed by atoms with Gasteiger partial charge in [-0.3, -0.25) is 14.5 Å². The molecule has 0 bridgehead atoms. The number of rotatable bonds is 5. The summed E-state index contributed by atoms with van der Waals surface area (Å²) in [5.41, 5.74) is 1.97. The fourth-order valence-corrected chi connectivity index (χ4v) is 4.49. The highest BCUT2D eigenvalue weighted by molar-refractivity contribution is 6.30. The first kappa shape index (κ1) is 22.3. The molecule has 2 aromatic carbocycles. The Balaban J connectivity index is 1.37. The first-order valence-corrected chi connectivity index (χ1v) is 11.4. The number of ether oxygens (including phenoxy) is 1. The lowest BCUT2D eigenvalue weighted by Crippen LogP contribution is -2.40. The van der Waals surface area contributed by atoms with Crippen LogP contribution in [0.5, 0.6) is 0 Å². The van der Waals surface area contributed by atoms with Crippen molar-refractivity contribution in [3.8, 4) is 0 Å². The molecule has 0 saturated carbocycles. The van der Waals surface area contributed by atoms with E-state index < -0.39 is 0 Å². The van der Waals surface area contributed by atoms with Crippen molar-refractivity contribution >= 4 is 35.1 Å². The Morgan fingerprint density at radius 3 is 2.16 bits per heavy atom. The fraction of sp³-hybridized carbons (Fsp3) is 0.400. The van der Waals surface area contributed by atoms with Gasteiger partial charge in [0.1, 0.15) is 6.61 Å². The van der Waals surface area contributed by atoms with Crippen LogP contribution >= 0.6 is 11.6 Å². The van der Waals surface area contributed by atoms with Crippen molar-refractivity contribution in [3.05, 3.63) is 64.7 Å². The van der Waals surface area contributed by atoms with Gasteiger partial charge in [-0.2, -0.15) is 0 Å². The van der Waals surface area contributed by atoms with E-state index in [1.807, 2.05) is 0 Å². The molecule has 2 amide bonds. The molecule has 2 aliphatic rings. The molecule has 0 aliphatic carbocycles. The number of carbonyl (C=O) groups excluding carboxylic acids is 3. The number of halogens is 1. The summed E-state index contributed by atoms with van der Waals surface area (Å²) in [7, 11) is 0. The molecule has 0 radical (unpaired) electrons. The summed E-state index contributed by atoms with van der Waals surface area (Å²) in [6, 6.07) is 14.1. The van der Waals surface area contributed by atoms with Gasteiger partial charge in [-0.1, -0.05) is 25.4 Å². The number of Topliss-reactive ketones (excluding diaryl/α,β-unsaturated/α-hetero) is 1. The summed E-state index contributed by atoms with van der Waals surface area (Å²) in [4.78, 5) is 41.3. The first-order valence-electron chi connectivity index (χ1n) is 11.0. The third-order valence-corrected chi connectivity index (χ3v) is 6.60. The SMILES string of the molecule is CC(C)[C@@H]1COC(=O)N1c1ccc(C(=O)N2CCC(C(=O)c3ccc(Cl)cc3)CC2)cc1. The largest absolute Gasteiger partial charge is 0.447 e. The second kappa shape index (κ2) is 9.33. The predicted molar refractivity (Wildman–Crippen MR) is 123 cm³/mol. The highest BCUT2D eigenvalue weighted by atomic mass is 35.5. The maximum Gasteiger partial charge on any atom is 0.414 e. The molecule has 0 spiro atoms. The van der Waals surface area contributed by atoms with E-state index in [0.29, 0.717) is 48.7 Å². The third-order valence-electron chi connectivity index (χ3n) is 6.35. The number of likely N-dealkylation sites (tertiary alicyclic amines) is 1. The molecule has 2 saturated heterocycles. The van der Waals surface area contributed by atoms with Crippen LogP contribution in [-0.4, -0.2) is 48.4 Å². The monoisotopic (exact) mass is 454 g/mol. The van der Waals surface area contributed by atoms with E-state index in [4.69, 9.17) is 16.3 Å². The molecule has 2 aliphatic heterocycles. The number of piperidine rings is 1. The van der Waals surface area contributed by atoms with Crippen molar-refractivity contribution in [2.45, 2.75) is 32.7 Å². The van der Waals surface area contributed by atoms with Gasteiger partial charge < -0.3 is 9.64 Å². The van der Waals surface area contributed by atoms with Crippen molar-refractivity contribution in [2.24, 2.45) is 11.8 Å². The van der Waals surface area contributed by atoms with Crippen molar-refractivity contribution in [3.63, 3.8) is 0 Å². The minimum atomic E-state index is -0.352. The van der Waals surface area contributed by atoms with E-state index >= 15 is 0 Å². The topological polar surface area (TPSA) is 66.9 Å². The zero-order valence-corrected chi connectivity index (χ0v) is 19.0. The van der Waals surface area contributed by atoms with E-state index in [9.17, 15) is 14.4 Å². The molecule has 2 fully saturated rings. The smallest absolute Gasteiger partial charge is 0.414 e. The summed E-state index contributed by atoms with van der Waals surface area (Å²) < 4.78 is 5.21. The Morgan fingerprint density at radius 2 is 1.56 bits per heavy atom. The molecule has 0 aromatic heterocycles. The quantitative estimate of drug-likeness (QED) is 0.592. The van der Waals surface area contributed by atoms with Crippen LogP contribution < -0.4 is 4.90 Å². The van der Waals surface area contributed by atoms with Gasteiger partial charge in [0.05, 0.1) is 6.04 Å². The molecular weight excluding hydrogens is 428 g/mol. The van der Waals surface area contributed by atoms with Gasteiger partial charge in [0.15, 0.2) is 5.78 Å². The maximum absolute atomic E-state index is 13.0. The van der Waals surface area contributed by atoms with Gasteiger partial charge in [0.25, 0.3) is 5.91 Å². The number of nitrogens with zero attached hydrogens (tertiary/aromatic N) is 2. The standard InChI is InChI=1S/C25H27ClN2O4/c1-16(2)22-15-32-25(31)28(22)21-9-5-19(6-10-21)24(30)27-13-11-18(12-14-27)23(29)17-3-7-20(26)8-4-17/h3-10,16,18,22H,11-15H2,1-2H3/t22-/m0/s1. The molecular formula is C25H27ClN2O4. The number of ketones is 1. The Bertz CT molecular complexity index is 996. The zero-order valence-electron chi connectivity index (χ0n) is 18.3. The highest BCUT2D eigenvalue weighted by Gasteiger charge is 2.36. The van der Waals surface area contributed by atoms with Gasteiger partial charge in [-0.25, -0.2) is 4.79 Å². The number of carbonyl (C=O) groups is 3. The normalized spacial score (nSPS) is 19.4. The molecule has 4 rings (SSSR count). The lowest BCUT2D eigenvalue weighted by molar-refractivity contribution is 0.0650. The molecule has 32 heavy (non-hydrogen) atoms. The molecule has 6 nitrogen and oxygen atoms in total. The Kier molecular flexibility index (Phi) is 6.51. The molecule has 168 valence electrons. The van der Waals surface area contributed by atoms with Crippen LogP contribution in [0.25, 0.3) is 0 Å². The van der Waals surface area contributed by atoms with E-state index in [1.54, 1.807) is 58.3 Å². The number of cyclic esters (lactones) is 1. The summed E-state index contributed by atoms with van der Waals surface area (Å²) >= 11 is 5.91. The van der Waals surface area contributed by atoms with Crippen molar-refractivity contribution in [1.82, 2.24) is 4.90 Å². The van der Waals surface area contributed by atoms with E-state index in [1.165, 1.54) is 0 Å². The Morgan fingerprint density at radius 1 is 0.969 bits per heavy atom. The maximum atomic E-state index is 13.0. The summed E-state index contributed by atoms with van der Waals surface area (Å²) in [6.07, 6.45) is 0.928. The van der Waals surface area contributed by atoms with Crippen LogP contribution in [0.1, 0.15) is 47.4 Å². The van der Waals surface area contributed by atoms with Crippen LogP contribution in [0.15, 0.2) is 48.5 Å². The Hall–Kier alpha value is -2.86. The average Bonchev–Trinajstić information content (AvgIpc) is 3.20. The van der Waals surface area contributed by atoms with E-state index in [0.717, 1.165) is 5.69 Å². The number of hydrogen-bond donors (Lipinski definition) is 0. The summed E-state index contributed by atoms with van der Waals surface area (Å²) in [5.74, 6) is 0.227. The van der Waals surface area contributed by atoms with Crippen LogP contribution in [0.2, 0.25) is 5.02 Å². The van der Waals surface area contributed by atoms with Gasteiger partial charge in [-0.05, 0) is 67.3 Å². The second-order valence-corrected chi connectivity index (χ2v) is 9.18. The minimum Gasteiger partial charge on any atom is -0.447 e. The van der Waals surface area contributed by atoms with E-state index in [-0.39, 0.29) is 35.7 Å². The lowest BCUT2D eigenvalue weighted by Gasteiger charge is -2.31. The van der Waals surface area contributed by atoms with Crippen molar-refractivity contribution in [1.29, 1.82) is 0 Å². The van der Waals surface area contributed by atoms with Gasteiger partial charge in [0, 0.05) is 40.8 Å². The number of hydrogen-bond acceptors (Lipinski definition) is 4. The molecule has 0 unspecified atom stereocenters. The third kappa shape index (κ3) is 4.51. The van der Waals surface area contributed by atoms with Crippen LogP contribution in [0, 0.1) is 11.8 Å². The number of anilines is 1. The second-order valence-electron chi connectivity index (χ2n) is 8.74. The minimum absolute atomic E-state index is 0.0127. The summed E-state index contributed by atoms with van der Waals surface area (Å²) in [6.45, 7) is 5.56. The first-order chi connectivity index (χ1) is 15.3. The van der Waals surface area contributed by atoms with E-state index in [2.05, 4.69) is 13.8 Å². The van der Waals surface area contributed by atoms with Crippen LogP contribution in [0.4, 0.5) is 10.5 Å². The number of benzene rings is 2. The average molecular weight is 455 g/mol. The van der Waals surface area contributed by atoms with Crippen LogP contribution in [-0.2, 0) is 4.74 Å². The van der Waals surface area contributed by atoms with Gasteiger partial charge in [0.2, 0.25) is 0 Å². The van der Waals surface area contributed by atoms with Crippen LogP contribution in [0.3, 0.4) is 0 Å². The Labute approximate surface area is 193 Å². The molecule has 0 N–H and O–H groups in total. The van der Waals surface area contributed by atoms with Crippen molar-refractivity contribution in [2.75, 3.05) is 24.6 Å². The lowest BCUT2D eigenvalue weighted by atomic mass is 9.88. The molecule has 1 atom stereocenters.